The van der Waals surface area contributed by atoms with Crippen molar-refractivity contribution in [1.29, 1.82) is 0 Å². The highest BCUT2D eigenvalue weighted by Crippen LogP contribution is 2.10. The molecule has 2 aromatic heterocycles. The molecule has 0 atom stereocenters. The first-order valence-electron chi connectivity index (χ1n) is 6.25. The number of hydrogen-bond donors (Lipinski definition) is 0. The van der Waals surface area contributed by atoms with Crippen molar-refractivity contribution in [2.75, 3.05) is 33.5 Å². The molecule has 0 fully saturated rings. The van der Waals surface area contributed by atoms with Gasteiger partial charge in [0.1, 0.15) is 19.3 Å². The van der Waals surface area contributed by atoms with Gasteiger partial charge < -0.3 is 14.2 Å². The largest absolute Gasteiger partial charge is 0.461 e. The summed E-state index contributed by atoms with van der Waals surface area (Å²) in [6, 6.07) is 0.112. The highest BCUT2D eigenvalue weighted by atomic mass is 35.5. The average molecular weight is 315 g/mol. The number of ether oxygens (including phenoxy) is 3. The van der Waals surface area contributed by atoms with E-state index in [1.54, 1.807) is 7.11 Å². The lowest BCUT2D eigenvalue weighted by atomic mass is 10.5. The second-order valence-electron chi connectivity index (χ2n) is 3.83. The molecule has 114 valence electrons. The fourth-order valence-electron chi connectivity index (χ4n) is 1.40. The summed E-state index contributed by atoms with van der Waals surface area (Å²) in [4.78, 5) is 15.7. The highest BCUT2D eigenvalue weighted by molar-refractivity contribution is 6.28. The zero-order chi connectivity index (χ0) is 14.9. The van der Waals surface area contributed by atoms with Crippen LogP contribution in [0.5, 0.6) is 6.01 Å². The molecular formula is C11H15ClN6O3. The summed E-state index contributed by atoms with van der Waals surface area (Å²) in [5.74, 6) is 0.239. The number of nitrogens with zero attached hydrogens (tertiary/aromatic N) is 6. The first kappa shape index (κ1) is 15.5. The third-order valence-corrected chi connectivity index (χ3v) is 2.46. The Balaban J connectivity index is 1.81. The molecule has 0 aliphatic heterocycles. The van der Waals surface area contributed by atoms with Crippen LogP contribution in [-0.4, -0.2) is 63.3 Å². The molecule has 2 heterocycles. The molecule has 0 N–H and O–H groups in total. The molecule has 10 heteroatoms. The van der Waals surface area contributed by atoms with Crippen LogP contribution in [0.25, 0.3) is 5.95 Å². The van der Waals surface area contributed by atoms with Gasteiger partial charge in [0.05, 0.1) is 6.61 Å². The summed E-state index contributed by atoms with van der Waals surface area (Å²) in [6.07, 6.45) is 3.66. The molecule has 0 spiro atoms. The van der Waals surface area contributed by atoms with Crippen molar-refractivity contribution in [2.24, 2.45) is 0 Å². The van der Waals surface area contributed by atoms with Gasteiger partial charge in [0.2, 0.25) is 5.28 Å². The molecule has 0 saturated carbocycles. The smallest absolute Gasteiger partial charge is 0.322 e. The van der Waals surface area contributed by atoms with E-state index in [9.17, 15) is 0 Å². The number of methoxy groups -OCH3 is 1. The molecule has 2 rings (SSSR count). The Labute approximate surface area is 126 Å². The third-order valence-electron chi connectivity index (χ3n) is 2.30. The summed E-state index contributed by atoms with van der Waals surface area (Å²) in [5, 5.41) is 3.93. The van der Waals surface area contributed by atoms with Gasteiger partial charge in [-0.2, -0.15) is 24.7 Å². The van der Waals surface area contributed by atoms with Crippen LogP contribution >= 0.6 is 11.6 Å². The van der Waals surface area contributed by atoms with Gasteiger partial charge >= 0.3 is 6.01 Å². The Hall–Kier alpha value is -1.84. The second-order valence-corrected chi connectivity index (χ2v) is 4.17. The lowest BCUT2D eigenvalue weighted by molar-refractivity contribution is 0.0782. The van der Waals surface area contributed by atoms with Crippen LogP contribution < -0.4 is 4.74 Å². The second kappa shape index (κ2) is 8.45. The fourth-order valence-corrected chi connectivity index (χ4v) is 1.55. The van der Waals surface area contributed by atoms with E-state index in [0.717, 1.165) is 6.42 Å². The maximum atomic E-state index is 5.82. The molecule has 0 radical (unpaired) electrons. The van der Waals surface area contributed by atoms with Gasteiger partial charge in [-0.3, -0.25) is 0 Å². The van der Waals surface area contributed by atoms with E-state index in [4.69, 9.17) is 25.8 Å². The van der Waals surface area contributed by atoms with Gasteiger partial charge in [-0.1, -0.05) is 0 Å². The van der Waals surface area contributed by atoms with Crippen LogP contribution in [0.1, 0.15) is 6.42 Å². The minimum absolute atomic E-state index is 0.0199. The van der Waals surface area contributed by atoms with Crippen LogP contribution in [0.3, 0.4) is 0 Å². The van der Waals surface area contributed by atoms with Crippen molar-refractivity contribution in [3.8, 4) is 12.0 Å². The summed E-state index contributed by atoms with van der Waals surface area (Å²) < 4.78 is 17.0. The molecule has 0 aliphatic carbocycles. The Morgan fingerprint density at radius 3 is 2.81 bits per heavy atom. The first-order valence-corrected chi connectivity index (χ1v) is 6.63. The standard InChI is InChI=1S/C11H15ClN6O3/c1-19-3-2-4-20-5-6-21-11-16-9(12)15-10(17-11)18-8-13-7-14-18/h7-8H,2-6H2,1H3. The predicted molar refractivity (Wildman–Crippen MR) is 72.6 cm³/mol. The summed E-state index contributed by atoms with van der Waals surface area (Å²) in [6.45, 7) is 2.01. The van der Waals surface area contributed by atoms with Crippen LogP contribution in [0.15, 0.2) is 12.7 Å². The van der Waals surface area contributed by atoms with Gasteiger partial charge in [0.15, 0.2) is 0 Å². The summed E-state index contributed by atoms with van der Waals surface area (Å²) >= 11 is 5.82. The van der Waals surface area contributed by atoms with E-state index in [1.807, 2.05) is 0 Å². The molecule has 0 bridgehead atoms. The van der Waals surface area contributed by atoms with E-state index >= 15 is 0 Å². The van der Waals surface area contributed by atoms with Crippen molar-refractivity contribution in [3.05, 3.63) is 17.9 Å². The molecule has 0 aromatic carbocycles. The van der Waals surface area contributed by atoms with Gasteiger partial charge in [0.25, 0.3) is 5.95 Å². The predicted octanol–water partition coefficient (Wildman–Crippen LogP) is 0.538. The van der Waals surface area contributed by atoms with Crippen molar-refractivity contribution in [2.45, 2.75) is 6.42 Å². The lowest BCUT2D eigenvalue weighted by Crippen LogP contribution is -2.12. The molecule has 0 unspecified atom stereocenters. The molecule has 0 amide bonds. The molecule has 2 aromatic rings. The first-order chi connectivity index (χ1) is 10.3. The summed E-state index contributed by atoms with van der Waals surface area (Å²) in [5.41, 5.74) is 0. The van der Waals surface area contributed by atoms with Gasteiger partial charge in [-0.05, 0) is 18.0 Å². The number of halogens is 1. The van der Waals surface area contributed by atoms with Crippen LogP contribution in [0.4, 0.5) is 0 Å². The molecule has 0 saturated heterocycles. The monoisotopic (exact) mass is 314 g/mol. The molecule has 21 heavy (non-hydrogen) atoms. The van der Waals surface area contributed by atoms with Crippen LogP contribution in [-0.2, 0) is 9.47 Å². The maximum absolute atomic E-state index is 5.82. The zero-order valence-electron chi connectivity index (χ0n) is 11.5. The van der Waals surface area contributed by atoms with E-state index in [0.29, 0.717) is 26.4 Å². The maximum Gasteiger partial charge on any atom is 0.322 e. The molecule has 9 nitrogen and oxygen atoms in total. The molecule has 0 aliphatic rings. The Kier molecular flexibility index (Phi) is 6.25. The normalized spacial score (nSPS) is 10.8. The third kappa shape index (κ3) is 5.21. The van der Waals surface area contributed by atoms with E-state index in [2.05, 4.69) is 25.0 Å². The van der Waals surface area contributed by atoms with Gasteiger partial charge in [-0.15, -0.1) is 0 Å². The average Bonchev–Trinajstić information content (AvgIpc) is 3.00. The lowest BCUT2D eigenvalue weighted by Gasteiger charge is -2.06. The van der Waals surface area contributed by atoms with Crippen LogP contribution in [0.2, 0.25) is 5.28 Å². The highest BCUT2D eigenvalue weighted by Gasteiger charge is 2.08. The minimum Gasteiger partial charge on any atom is -0.461 e. The van der Waals surface area contributed by atoms with E-state index in [1.165, 1.54) is 17.3 Å². The Bertz CT molecular complexity index is 539. The van der Waals surface area contributed by atoms with Gasteiger partial charge in [-0.25, -0.2) is 4.98 Å². The van der Waals surface area contributed by atoms with Crippen molar-refractivity contribution in [3.63, 3.8) is 0 Å². The van der Waals surface area contributed by atoms with Gasteiger partial charge in [0, 0.05) is 20.3 Å². The van der Waals surface area contributed by atoms with Crippen molar-refractivity contribution >= 4 is 11.6 Å². The topological polar surface area (TPSA) is 97.1 Å². The van der Waals surface area contributed by atoms with E-state index < -0.39 is 0 Å². The minimum atomic E-state index is 0.0199. The fraction of sp³-hybridized carbons (Fsp3) is 0.545. The number of aromatic nitrogens is 6. The van der Waals surface area contributed by atoms with E-state index in [-0.39, 0.29) is 17.2 Å². The number of rotatable bonds is 9. The quantitative estimate of drug-likeness (QED) is 0.619. The zero-order valence-corrected chi connectivity index (χ0v) is 12.2. The van der Waals surface area contributed by atoms with Crippen molar-refractivity contribution < 1.29 is 14.2 Å². The SMILES string of the molecule is COCCCOCCOc1nc(Cl)nc(-n2cncn2)n1. The Morgan fingerprint density at radius 2 is 2.05 bits per heavy atom. The van der Waals surface area contributed by atoms with Crippen LogP contribution in [0, 0.1) is 0 Å². The molecular weight excluding hydrogens is 300 g/mol. The van der Waals surface area contributed by atoms with Crippen molar-refractivity contribution in [1.82, 2.24) is 29.7 Å². The Morgan fingerprint density at radius 1 is 1.14 bits per heavy atom. The summed E-state index contributed by atoms with van der Waals surface area (Å²) in [7, 11) is 1.65. The number of hydrogen-bond acceptors (Lipinski definition) is 8.